The van der Waals surface area contributed by atoms with Crippen LogP contribution in [0.5, 0.6) is 0 Å². The van der Waals surface area contributed by atoms with Gasteiger partial charge in [-0.15, -0.1) is 0 Å². The van der Waals surface area contributed by atoms with E-state index in [1.807, 2.05) is 6.07 Å². The minimum atomic E-state index is -0.297. The van der Waals surface area contributed by atoms with Crippen LogP contribution in [0.3, 0.4) is 0 Å². The molecule has 0 saturated carbocycles. The Bertz CT molecular complexity index is 849. The molecule has 2 heterocycles. The summed E-state index contributed by atoms with van der Waals surface area (Å²) in [6.07, 6.45) is 0.911. The number of benzene rings is 1. The maximum atomic E-state index is 12.4. The number of amides is 2. The number of imidazole rings is 1. The van der Waals surface area contributed by atoms with E-state index >= 15 is 0 Å². The first-order valence-electron chi connectivity index (χ1n) is 7.59. The van der Waals surface area contributed by atoms with E-state index in [0.717, 1.165) is 11.0 Å². The number of piperidine rings is 1. The third-order valence-electron chi connectivity index (χ3n) is 4.57. The van der Waals surface area contributed by atoms with Gasteiger partial charge in [0.25, 0.3) is 0 Å². The fourth-order valence-electron chi connectivity index (χ4n) is 3.00. The Morgan fingerprint density at radius 3 is 2.52 bits per heavy atom. The molecule has 1 atom stereocenters. The number of hydrogen-bond donors (Lipinski definition) is 1. The number of hydrogen-bond acceptors (Lipinski definition) is 3. The fourth-order valence-corrected chi connectivity index (χ4v) is 3.00. The lowest BCUT2D eigenvalue weighted by atomic mass is 9.95. The molecule has 0 spiro atoms. The van der Waals surface area contributed by atoms with Crippen LogP contribution in [0.15, 0.2) is 23.0 Å². The number of aryl methyl sites for hydroxylation is 2. The van der Waals surface area contributed by atoms with E-state index in [1.165, 1.54) is 0 Å². The summed E-state index contributed by atoms with van der Waals surface area (Å²) in [4.78, 5) is 37.7. The highest BCUT2D eigenvalue weighted by atomic mass is 16.2. The fraction of sp³-hybridized carbons (Fsp3) is 0.438. The molecule has 1 fully saturated rings. The van der Waals surface area contributed by atoms with Gasteiger partial charge in [-0.2, -0.15) is 0 Å². The van der Waals surface area contributed by atoms with E-state index in [1.54, 1.807) is 47.3 Å². The van der Waals surface area contributed by atoms with Gasteiger partial charge < -0.3 is 10.2 Å². The topological polar surface area (TPSA) is 76.3 Å². The van der Waals surface area contributed by atoms with Gasteiger partial charge in [0.2, 0.25) is 11.8 Å². The predicted octanol–water partition coefficient (Wildman–Crippen LogP) is 0.684. The van der Waals surface area contributed by atoms with E-state index in [-0.39, 0.29) is 29.8 Å². The first-order valence-corrected chi connectivity index (χ1v) is 7.59. The van der Waals surface area contributed by atoms with E-state index in [9.17, 15) is 14.4 Å². The summed E-state index contributed by atoms with van der Waals surface area (Å²) in [7, 11) is 5.17. The van der Waals surface area contributed by atoms with Crippen LogP contribution in [0, 0.1) is 5.92 Å². The van der Waals surface area contributed by atoms with E-state index < -0.39 is 0 Å². The quantitative estimate of drug-likeness (QED) is 0.885. The Morgan fingerprint density at radius 2 is 1.83 bits per heavy atom. The monoisotopic (exact) mass is 316 g/mol. The smallest absolute Gasteiger partial charge is 0.328 e. The number of likely N-dealkylation sites (tertiary alicyclic amines) is 1. The van der Waals surface area contributed by atoms with Crippen molar-refractivity contribution in [3.05, 3.63) is 28.7 Å². The zero-order valence-electron chi connectivity index (χ0n) is 13.5. The third kappa shape index (κ3) is 2.62. The van der Waals surface area contributed by atoms with E-state index in [4.69, 9.17) is 0 Å². The second kappa shape index (κ2) is 5.57. The molecule has 1 N–H and O–H groups in total. The molecule has 7 nitrogen and oxygen atoms in total. The molecule has 2 aromatic rings. The van der Waals surface area contributed by atoms with Gasteiger partial charge in [-0.1, -0.05) is 0 Å². The van der Waals surface area contributed by atoms with Gasteiger partial charge in [0, 0.05) is 45.7 Å². The Hall–Kier alpha value is -2.57. The van der Waals surface area contributed by atoms with Gasteiger partial charge in [0.15, 0.2) is 0 Å². The average molecular weight is 316 g/mol. The highest BCUT2D eigenvalue weighted by Crippen LogP contribution is 2.22. The van der Waals surface area contributed by atoms with Crippen molar-refractivity contribution in [2.75, 3.05) is 18.9 Å². The van der Waals surface area contributed by atoms with Crippen molar-refractivity contribution < 1.29 is 9.59 Å². The number of anilines is 1. The molecule has 0 bridgehead atoms. The maximum Gasteiger partial charge on any atom is 0.328 e. The molecule has 2 amide bonds. The van der Waals surface area contributed by atoms with Crippen molar-refractivity contribution in [1.82, 2.24) is 14.0 Å². The Kier molecular flexibility index (Phi) is 3.71. The first-order chi connectivity index (χ1) is 10.9. The largest absolute Gasteiger partial charge is 0.346 e. The Balaban J connectivity index is 1.82. The summed E-state index contributed by atoms with van der Waals surface area (Å²) in [5.41, 5.74) is 2.10. The maximum absolute atomic E-state index is 12.4. The highest BCUT2D eigenvalue weighted by molar-refractivity contribution is 5.97. The van der Waals surface area contributed by atoms with Crippen LogP contribution in [0.25, 0.3) is 11.0 Å². The molecule has 1 aliphatic heterocycles. The normalized spacial score (nSPS) is 18.5. The van der Waals surface area contributed by atoms with Crippen molar-refractivity contribution in [2.24, 2.45) is 20.0 Å². The molecule has 1 aliphatic rings. The molecule has 1 aromatic carbocycles. The molecule has 122 valence electrons. The lowest BCUT2D eigenvalue weighted by molar-refractivity contribution is -0.137. The Morgan fingerprint density at radius 1 is 1.13 bits per heavy atom. The van der Waals surface area contributed by atoms with Crippen molar-refractivity contribution in [3.63, 3.8) is 0 Å². The van der Waals surface area contributed by atoms with Crippen molar-refractivity contribution in [1.29, 1.82) is 0 Å². The third-order valence-corrected chi connectivity index (χ3v) is 4.57. The van der Waals surface area contributed by atoms with Crippen LogP contribution >= 0.6 is 0 Å². The zero-order chi connectivity index (χ0) is 16.7. The highest BCUT2D eigenvalue weighted by Gasteiger charge is 2.28. The SMILES string of the molecule is CN1CCC(C(=O)Nc2ccc3c(c2)n(C)c(=O)n3C)CC1=O. The number of rotatable bonds is 2. The number of nitrogens with one attached hydrogen (secondary N) is 1. The summed E-state index contributed by atoms with van der Waals surface area (Å²) >= 11 is 0. The van der Waals surface area contributed by atoms with E-state index in [0.29, 0.717) is 18.7 Å². The molecule has 1 aromatic heterocycles. The molecule has 3 rings (SSSR count). The summed E-state index contributed by atoms with van der Waals surface area (Å²) in [6, 6.07) is 5.37. The van der Waals surface area contributed by atoms with Crippen molar-refractivity contribution in [2.45, 2.75) is 12.8 Å². The number of nitrogens with zero attached hydrogens (tertiary/aromatic N) is 3. The standard InChI is InChI=1S/C16H20N4O3/c1-18-7-6-10(8-14(18)21)15(22)17-11-4-5-12-13(9-11)20(3)16(23)19(12)2/h4-5,9-10H,6-8H2,1-3H3,(H,17,22). The second-order valence-corrected chi connectivity index (χ2v) is 6.10. The lowest BCUT2D eigenvalue weighted by Crippen LogP contribution is -2.39. The predicted molar refractivity (Wildman–Crippen MR) is 87.2 cm³/mol. The number of aromatic nitrogens is 2. The molecule has 0 radical (unpaired) electrons. The molecule has 7 heteroatoms. The average Bonchev–Trinajstić information content (AvgIpc) is 2.74. The number of fused-ring (bicyclic) bond motifs is 1. The van der Waals surface area contributed by atoms with Crippen LogP contribution in [-0.2, 0) is 23.7 Å². The number of carbonyl (C=O) groups excluding carboxylic acids is 2. The van der Waals surface area contributed by atoms with Gasteiger partial charge in [-0.3, -0.25) is 18.7 Å². The molecule has 1 unspecified atom stereocenters. The summed E-state index contributed by atoms with van der Waals surface area (Å²) < 4.78 is 3.11. The molecule has 1 saturated heterocycles. The Labute approximate surface area is 133 Å². The summed E-state index contributed by atoms with van der Waals surface area (Å²) in [5.74, 6) is -0.446. The second-order valence-electron chi connectivity index (χ2n) is 6.10. The van der Waals surface area contributed by atoms with Gasteiger partial charge in [-0.25, -0.2) is 4.79 Å². The van der Waals surface area contributed by atoms with Crippen LogP contribution < -0.4 is 11.0 Å². The van der Waals surface area contributed by atoms with Crippen LogP contribution in [0.1, 0.15) is 12.8 Å². The van der Waals surface area contributed by atoms with Crippen molar-refractivity contribution in [3.8, 4) is 0 Å². The molecular formula is C16H20N4O3. The van der Waals surface area contributed by atoms with E-state index in [2.05, 4.69) is 5.32 Å². The zero-order valence-corrected chi connectivity index (χ0v) is 13.5. The molecule has 23 heavy (non-hydrogen) atoms. The summed E-state index contributed by atoms with van der Waals surface area (Å²) in [6.45, 7) is 0.600. The van der Waals surface area contributed by atoms with Gasteiger partial charge >= 0.3 is 5.69 Å². The van der Waals surface area contributed by atoms with Gasteiger partial charge in [-0.05, 0) is 24.6 Å². The summed E-state index contributed by atoms with van der Waals surface area (Å²) in [5, 5.41) is 2.86. The molecular weight excluding hydrogens is 296 g/mol. The first kappa shape index (κ1) is 15.3. The van der Waals surface area contributed by atoms with Crippen LogP contribution in [0.4, 0.5) is 5.69 Å². The van der Waals surface area contributed by atoms with Crippen molar-refractivity contribution >= 4 is 28.5 Å². The lowest BCUT2D eigenvalue weighted by Gasteiger charge is -2.27. The molecule has 0 aliphatic carbocycles. The minimum absolute atomic E-state index is 0.00249. The van der Waals surface area contributed by atoms with Crippen LogP contribution in [0.2, 0.25) is 0 Å². The van der Waals surface area contributed by atoms with Gasteiger partial charge in [0.05, 0.1) is 11.0 Å². The number of carbonyl (C=O) groups is 2. The minimum Gasteiger partial charge on any atom is -0.346 e. The van der Waals surface area contributed by atoms with Crippen LogP contribution in [-0.4, -0.2) is 39.4 Å². The van der Waals surface area contributed by atoms with Gasteiger partial charge in [0.1, 0.15) is 0 Å².